The number of aromatic nitrogens is 2. The van der Waals surface area contributed by atoms with Crippen molar-refractivity contribution in [2.24, 2.45) is 7.05 Å². The van der Waals surface area contributed by atoms with Crippen LogP contribution in [0.2, 0.25) is 0 Å². The van der Waals surface area contributed by atoms with Gasteiger partial charge in [-0.25, -0.2) is 9.78 Å². The molecule has 0 radical (unpaired) electrons. The average molecular weight is 343 g/mol. The van der Waals surface area contributed by atoms with Crippen molar-refractivity contribution in [2.75, 3.05) is 11.9 Å². The SMILES string of the molecule is Cc1cc(C)c2nc(NC(=O)COC(=O)c3cccn3C)sc2c1. The number of carbonyl (C=O) groups excluding carboxylic acids is 2. The minimum atomic E-state index is -0.534. The molecule has 24 heavy (non-hydrogen) atoms. The van der Waals surface area contributed by atoms with Crippen LogP contribution in [0.15, 0.2) is 30.5 Å². The van der Waals surface area contributed by atoms with Gasteiger partial charge in [0.25, 0.3) is 5.91 Å². The largest absolute Gasteiger partial charge is 0.451 e. The van der Waals surface area contributed by atoms with Gasteiger partial charge in [-0.05, 0) is 43.2 Å². The summed E-state index contributed by atoms with van der Waals surface area (Å²) in [5, 5.41) is 3.18. The van der Waals surface area contributed by atoms with Crippen LogP contribution in [0.5, 0.6) is 0 Å². The zero-order valence-electron chi connectivity index (χ0n) is 13.6. The van der Waals surface area contributed by atoms with E-state index in [-0.39, 0.29) is 6.61 Å². The number of hydrogen-bond donors (Lipinski definition) is 1. The van der Waals surface area contributed by atoms with Gasteiger partial charge in [-0.15, -0.1) is 0 Å². The van der Waals surface area contributed by atoms with Gasteiger partial charge in [-0.1, -0.05) is 17.4 Å². The van der Waals surface area contributed by atoms with E-state index in [0.29, 0.717) is 10.8 Å². The number of esters is 1. The molecule has 0 saturated heterocycles. The zero-order chi connectivity index (χ0) is 17.3. The van der Waals surface area contributed by atoms with Crippen LogP contribution in [-0.2, 0) is 16.6 Å². The minimum Gasteiger partial charge on any atom is -0.451 e. The molecule has 0 spiro atoms. The smallest absolute Gasteiger partial charge is 0.355 e. The average Bonchev–Trinajstić information content (AvgIpc) is 3.10. The van der Waals surface area contributed by atoms with Gasteiger partial charge in [0.15, 0.2) is 11.7 Å². The lowest BCUT2D eigenvalue weighted by molar-refractivity contribution is -0.119. The molecule has 0 aliphatic heterocycles. The van der Waals surface area contributed by atoms with Gasteiger partial charge in [0.1, 0.15) is 5.69 Å². The highest BCUT2D eigenvalue weighted by Gasteiger charge is 2.14. The number of carbonyl (C=O) groups is 2. The molecule has 0 aliphatic carbocycles. The summed E-state index contributed by atoms with van der Waals surface area (Å²) in [5.74, 6) is -0.945. The van der Waals surface area contributed by atoms with Crippen LogP contribution >= 0.6 is 11.3 Å². The molecule has 0 aliphatic rings. The third-order valence-electron chi connectivity index (χ3n) is 3.56. The maximum atomic E-state index is 12.0. The van der Waals surface area contributed by atoms with E-state index in [9.17, 15) is 9.59 Å². The van der Waals surface area contributed by atoms with Crippen molar-refractivity contribution in [2.45, 2.75) is 13.8 Å². The van der Waals surface area contributed by atoms with E-state index in [4.69, 9.17) is 4.74 Å². The van der Waals surface area contributed by atoms with E-state index in [2.05, 4.69) is 16.4 Å². The zero-order valence-corrected chi connectivity index (χ0v) is 14.4. The second-order valence-electron chi connectivity index (χ2n) is 5.58. The number of anilines is 1. The van der Waals surface area contributed by atoms with Crippen LogP contribution in [0, 0.1) is 13.8 Å². The first-order valence-corrected chi connectivity index (χ1v) is 8.22. The van der Waals surface area contributed by atoms with E-state index in [0.717, 1.165) is 21.3 Å². The number of rotatable bonds is 4. The molecule has 2 heterocycles. The number of ether oxygens (including phenoxy) is 1. The van der Waals surface area contributed by atoms with Gasteiger partial charge >= 0.3 is 5.97 Å². The van der Waals surface area contributed by atoms with Gasteiger partial charge in [0.2, 0.25) is 0 Å². The fraction of sp³-hybridized carbons (Fsp3) is 0.235. The van der Waals surface area contributed by atoms with Crippen molar-refractivity contribution in [1.82, 2.24) is 9.55 Å². The number of benzene rings is 1. The summed E-state index contributed by atoms with van der Waals surface area (Å²) in [5.41, 5.74) is 3.49. The molecule has 1 aromatic carbocycles. The molecule has 3 rings (SSSR count). The fourth-order valence-electron chi connectivity index (χ4n) is 2.46. The Hall–Kier alpha value is -2.67. The predicted octanol–water partition coefficient (Wildman–Crippen LogP) is 3.05. The van der Waals surface area contributed by atoms with Gasteiger partial charge < -0.3 is 9.30 Å². The van der Waals surface area contributed by atoms with Crippen molar-refractivity contribution < 1.29 is 14.3 Å². The molecule has 6 nitrogen and oxygen atoms in total. The number of amides is 1. The molecular weight excluding hydrogens is 326 g/mol. The van der Waals surface area contributed by atoms with E-state index in [1.54, 1.807) is 29.9 Å². The molecule has 1 N–H and O–H groups in total. The molecule has 124 valence electrons. The van der Waals surface area contributed by atoms with E-state index in [1.807, 2.05) is 19.9 Å². The lowest BCUT2D eigenvalue weighted by atomic mass is 10.1. The highest BCUT2D eigenvalue weighted by atomic mass is 32.1. The normalized spacial score (nSPS) is 10.8. The molecule has 0 atom stereocenters. The molecule has 1 amide bonds. The quantitative estimate of drug-likeness (QED) is 0.739. The molecule has 0 fully saturated rings. The Morgan fingerprint density at radius 3 is 2.83 bits per heavy atom. The second kappa shape index (κ2) is 6.45. The van der Waals surface area contributed by atoms with Crippen molar-refractivity contribution >= 4 is 38.6 Å². The minimum absolute atomic E-state index is 0.349. The topological polar surface area (TPSA) is 73.2 Å². The number of nitrogens with one attached hydrogen (secondary N) is 1. The summed E-state index contributed by atoms with van der Waals surface area (Å²) in [7, 11) is 1.74. The Morgan fingerprint density at radius 1 is 1.33 bits per heavy atom. The van der Waals surface area contributed by atoms with Crippen LogP contribution < -0.4 is 5.32 Å². The van der Waals surface area contributed by atoms with Crippen molar-refractivity contribution in [3.05, 3.63) is 47.3 Å². The maximum absolute atomic E-state index is 12.0. The highest BCUT2D eigenvalue weighted by molar-refractivity contribution is 7.22. The summed E-state index contributed by atoms with van der Waals surface area (Å²) in [6.45, 7) is 3.66. The molecule has 0 saturated carbocycles. The van der Waals surface area contributed by atoms with E-state index < -0.39 is 11.9 Å². The molecule has 2 aromatic heterocycles. The number of aryl methyl sites for hydroxylation is 3. The third-order valence-corrected chi connectivity index (χ3v) is 4.48. The molecule has 7 heteroatoms. The summed E-state index contributed by atoms with van der Waals surface area (Å²) >= 11 is 1.40. The summed E-state index contributed by atoms with van der Waals surface area (Å²) in [6, 6.07) is 7.46. The van der Waals surface area contributed by atoms with E-state index >= 15 is 0 Å². The van der Waals surface area contributed by atoms with Gasteiger partial charge in [-0.2, -0.15) is 0 Å². The predicted molar refractivity (Wildman–Crippen MR) is 93.4 cm³/mol. The lowest BCUT2D eigenvalue weighted by Crippen LogP contribution is -2.21. The standard InChI is InChI=1S/C17H17N3O3S/c1-10-7-11(2)15-13(8-10)24-17(19-15)18-14(21)9-23-16(22)12-5-4-6-20(12)3/h4-8H,9H2,1-3H3,(H,18,19,21). The van der Waals surface area contributed by atoms with Crippen molar-refractivity contribution in [3.8, 4) is 0 Å². The first kappa shape index (κ1) is 16.2. The maximum Gasteiger partial charge on any atom is 0.355 e. The first-order valence-electron chi connectivity index (χ1n) is 7.40. The van der Waals surface area contributed by atoms with Gasteiger partial charge in [0, 0.05) is 13.2 Å². The Bertz CT molecular complexity index is 926. The Morgan fingerprint density at radius 2 is 2.12 bits per heavy atom. The monoisotopic (exact) mass is 343 g/mol. The fourth-order valence-corrected chi connectivity index (χ4v) is 3.52. The Kier molecular flexibility index (Phi) is 4.35. The third kappa shape index (κ3) is 3.30. The summed E-state index contributed by atoms with van der Waals surface area (Å²) in [6.07, 6.45) is 1.74. The van der Waals surface area contributed by atoms with Crippen LogP contribution in [0.25, 0.3) is 10.2 Å². The highest BCUT2D eigenvalue weighted by Crippen LogP contribution is 2.29. The van der Waals surface area contributed by atoms with Crippen LogP contribution in [0.3, 0.4) is 0 Å². The Labute approximate surface area is 143 Å². The van der Waals surface area contributed by atoms with Crippen LogP contribution in [0.1, 0.15) is 21.6 Å². The lowest BCUT2D eigenvalue weighted by Gasteiger charge is -2.05. The summed E-state index contributed by atoms with van der Waals surface area (Å²) < 4.78 is 7.68. The van der Waals surface area contributed by atoms with Crippen LogP contribution in [0.4, 0.5) is 5.13 Å². The van der Waals surface area contributed by atoms with Gasteiger partial charge in [0.05, 0.1) is 10.2 Å². The number of fused-ring (bicyclic) bond motifs is 1. The molecule has 0 unspecified atom stereocenters. The Balaban J connectivity index is 1.64. The van der Waals surface area contributed by atoms with E-state index in [1.165, 1.54) is 11.3 Å². The van der Waals surface area contributed by atoms with Crippen LogP contribution in [-0.4, -0.2) is 28.0 Å². The molecule has 3 aromatic rings. The number of hydrogen-bond acceptors (Lipinski definition) is 5. The summed E-state index contributed by atoms with van der Waals surface area (Å²) in [4.78, 5) is 28.3. The van der Waals surface area contributed by atoms with Gasteiger partial charge in [-0.3, -0.25) is 10.1 Å². The van der Waals surface area contributed by atoms with Crippen molar-refractivity contribution in [3.63, 3.8) is 0 Å². The van der Waals surface area contributed by atoms with Crippen molar-refractivity contribution in [1.29, 1.82) is 0 Å². The first-order chi connectivity index (χ1) is 11.4. The second-order valence-corrected chi connectivity index (χ2v) is 6.61. The molecular formula is C17H17N3O3S. The molecule has 0 bridgehead atoms. The number of thiazole rings is 1. The number of nitrogens with zero attached hydrogens (tertiary/aromatic N) is 2.